The second-order valence-corrected chi connectivity index (χ2v) is 12.8. The van der Waals surface area contributed by atoms with Gasteiger partial charge < -0.3 is 14.4 Å². The molecule has 0 atom stereocenters. The fourth-order valence-electron chi connectivity index (χ4n) is 4.97. The largest absolute Gasteiger partial charge is 0.493 e. The van der Waals surface area contributed by atoms with E-state index in [-0.39, 0.29) is 5.75 Å². The molecule has 0 fully saturated rings. The van der Waals surface area contributed by atoms with E-state index < -0.39 is 10.0 Å². The molecule has 0 unspecified atom stereocenters. The van der Waals surface area contributed by atoms with Gasteiger partial charge in [-0.3, -0.25) is 9.71 Å². The zero-order valence-corrected chi connectivity index (χ0v) is 26.7. The van der Waals surface area contributed by atoms with E-state index in [4.69, 9.17) is 16.0 Å². The summed E-state index contributed by atoms with van der Waals surface area (Å²) in [5, 5.41) is 0. The van der Waals surface area contributed by atoms with Crippen molar-refractivity contribution < 1.29 is 17.9 Å². The normalized spacial score (nSPS) is 11.0. The van der Waals surface area contributed by atoms with Gasteiger partial charge >= 0.3 is 0 Å². The van der Waals surface area contributed by atoms with Crippen LogP contribution in [0.3, 0.4) is 0 Å². The van der Waals surface area contributed by atoms with E-state index in [1.807, 2.05) is 104 Å². The van der Waals surface area contributed by atoms with E-state index in [9.17, 15) is 8.42 Å². The molecule has 0 spiro atoms. The average Bonchev–Trinajstić information content (AvgIpc) is 3.07. The molecule has 0 aliphatic rings. The van der Waals surface area contributed by atoms with Crippen molar-refractivity contribution in [2.24, 2.45) is 0 Å². The number of aromatic nitrogens is 1. The van der Waals surface area contributed by atoms with Crippen molar-refractivity contribution in [3.8, 4) is 17.2 Å². The highest BCUT2D eigenvalue weighted by molar-refractivity contribution is 7.92. The third-order valence-electron chi connectivity index (χ3n) is 7.42. The lowest BCUT2D eigenvalue weighted by Gasteiger charge is -2.28. The van der Waals surface area contributed by atoms with Crippen molar-refractivity contribution >= 4 is 27.1 Å². The van der Waals surface area contributed by atoms with Gasteiger partial charge in [0.15, 0.2) is 5.69 Å². The Morgan fingerprint density at radius 1 is 0.826 bits per heavy atom. The van der Waals surface area contributed by atoms with Crippen LogP contribution >= 0.6 is 0 Å². The Bertz CT molecular complexity index is 1910. The van der Waals surface area contributed by atoms with Crippen LogP contribution in [0.1, 0.15) is 29.2 Å². The topological polar surface area (TPSA) is 85.1 Å². The van der Waals surface area contributed by atoms with Crippen LogP contribution in [0.4, 0.5) is 17.1 Å². The molecule has 46 heavy (non-hydrogen) atoms. The zero-order chi connectivity index (χ0) is 32.4. The Morgan fingerprint density at radius 3 is 2.33 bits per heavy atom. The van der Waals surface area contributed by atoms with Gasteiger partial charge in [0.1, 0.15) is 17.2 Å². The minimum Gasteiger partial charge on any atom is -0.493 e. The smallest absolute Gasteiger partial charge is 0.232 e. The summed E-state index contributed by atoms with van der Waals surface area (Å²) in [4.78, 5) is 9.91. The minimum absolute atomic E-state index is 0.0122. The van der Waals surface area contributed by atoms with E-state index >= 15 is 0 Å². The highest BCUT2D eigenvalue weighted by Crippen LogP contribution is 2.31. The van der Waals surface area contributed by atoms with Crippen LogP contribution in [-0.2, 0) is 29.5 Å². The number of nitrogens with one attached hydrogen (secondary N) is 1. The lowest BCUT2D eigenvalue weighted by molar-refractivity contribution is 0.320. The third kappa shape index (κ3) is 8.87. The summed E-state index contributed by atoms with van der Waals surface area (Å²) in [6.45, 7) is 12.6. The molecule has 0 bridgehead atoms. The van der Waals surface area contributed by atoms with Crippen LogP contribution in [0, 0.1) is 13.5 Å². The molecule has 0 aliphatic carbocycles. The summed E-state index contributed by atoms with van der Waals surface area (Å²) in [6.07, 6.45) is 4.36. The van der Waals surface area contributed by atoms with Gasteiger partial charge in [0.2, 0.25) is 10.0 Å². The summed E-state index contributed by atoms with van der Waals surface area (Å²) in [6, 6.07) is 32.6. The van der Waals surface area contributed by atoms with Crippen molar-refractivity contribution in [1.82, 2.24) is 4.98 Å². The van der Waals surface area contributed by atoms with E-state index in [0.29, 0.717) is 42.6 Å². The molecule has 8 nitrogen and oxygen atoms in total. The molecule has 1 aromatic heterocycles. The molecule has 1 heterocycles. The van der Waals surface area contributed by atoms with Crippen LogP contribution in [0.25, 0.3) is 4.85 Å². The Morgan fingerprint density at radius 2 is 1.57 bits per heavy atom. The highest BCUT2D eigenvalue weighted by atomic mass is 32.2. The summed E-state index contributed by atoms with van der Waals surface area (Å²) in [5.74, 6) is 2.09. The Hall–Kier alpha value is -5.33. The van der Waals surface area contributed by atoms with E-state index in [0.717, 1.165) is 40.1 Å². The zero-order valence-electron chi connectivity index (χ0n) is 25.9. The van der Waals surface area contributed by atoms with Crippen molar-refractivity contribution in [3.05, 3.63) is 149 Å². The lowest BCUT2D eigenvalue weighted by atomic mass is 10.1. The summed E-state index contributed by atoms with van der Waals surface area (Å²) in [7, 11) is -3.44. The molecule has 5 aromatic rings. The highest BCUT2D eigenvalue weighted by Gasteiger charge is 2.16. The first-order valence-corrected chi connectivity index (χ1v) is 16.7. The predicted octanol–water partition coefficient (Wildman–Crippen LogP) is 8.32. The SMILES string of the molecule is [C-]#[N+]c1cccc(CN(Cc2ccc(Oc3cccc(OCCc4cccnc4)c3)cc2)c2cccc(NS(=O)(=O)CC)c2C)c1. The van der Waals surface area contributed by atoms with Gasteiger partial charge in [0, 0.05) is 43.7 Å². The molecule has 234 valence electrons. The quantitative estimate of drug-likeness (QED) is 0.124. The molecule has 4 aromatic carbocycles. The van der Waals surface area contributed by atoms with Crippen LogP contribution in [0.5, 0.6) is 17.2 Å². The molecule has 0 saturated heterocycles. The van der Waals surface area contributed by atoms with E-state index in [1.54, 1.807) is 25.3 Å². The minimum atomic E-state index is -3.44. The van der Waals surface area contributed by atoms with Crippen molar-refractivity contribution in [2.45, 2.75) is 33.4 Å². The van der Waals surface area contributed by atoms with Gasteiger partial charge in [0.05, 0.1) is 24.6 Å². The molecule has 5 rings (SSSR count). The number of benzene rings is 4. The maximum atomic E-state index is 12.4. The van der Waals surface area contributed by atoms with Crippen LogP contribution < -0.4 is 19.1 Å². The number of sulfonamides is 1. The van der Waals surface area contributed by atoms with Crippen molar-refractivity contribution in [1.29, 1.82) is 0 Å². The molecule has 0 radical (unpaired) electrons. The number of rotatable bonds is 14. The standard InChI is InChI=1S/C37H36N4O4S/c1-4-46(42,43)40-36-14-7-15-37(28(36)2)41(27-31-9-5-11-32(23-31)38-3)26-30-16-18-33(19-17-30)45-35-13-6-12-34(24-35)44-22-20-29-10-8-21-39-25-29/h5-19,21,23-25,40H,4,20,22,26-27H2,1-2H3. The average molecular weight is 633 g/mol. The number of nitrogens with zero attached hydrogens (tertiary/aromatic N) is 3. The molecular weight excluding hydrogens is 596 g/mol. The van der Waals surface area contributed by atoms with Gasteiger partial charge in [-0.1, -0.05) is 54.6 Å². The number of hydrogen-bond acceptors (Lipinski definition) is 6. The van der Waals surface area contributed by atoms with Gasteiger partial charge in [-0.05, 0) is 78.6 Å². The lowest BCUT2D eigenvalue weighted by Crippen LogP contribution is -2.24. The molecule has 9 heteroatoms. The van der Waals surface area contributed by atoms with E-state index in [1.165, 1.54) is 0 Å². The van der Waals surface area contributed by atoms with Gasteiger partial charge in [-0.2, -0.15) is 0 Å². The van der Waals surface area contributed by atoms with Crippen molar-refractivity contribution in [3.63, 3.8) is 0 Å². The summed E-state index contributed by atoms with van der Waals surface area (Å²) < 4.78 is 39.5. The predicted molar refractivity (Wildman–Crippen MR) is 183 cm³/mol. The number of anilines is 2. The monoisotopic (exact) mass is 632 g/mol. The number of hydrogen-bond donors (Lipinski definition) is 1. The maximum absolute atomic E-state index is 12.4. The van der Waals surface area contributed by atoms with Gasteiger partial charge in [0.25, 0.3) is 0 Å². The van der Waals surface area contributed by atoms with Crippen molar-refractivity contribution in [2.75, 3.05) is 22.0 Å². The first kappa shape index (κ1) is 32.1. The Kier molecular flexibility index (Phi) is 10.5. The second kappa shape index (κ2) is 15.1. The first-order chi connectivity index (χ1) is 22.3. The second-order valence-electron chi connectivity index (χ2n) is 10.8. The molecule has 0 saturated carbocycles. The third-order valence-corrected chi connectivity index (χ3v) is 8.72. The fourth-order valence-corrected chi connectivity index (χ4v) is 5.67. The number of ether oxygens (including phenoxy) is 2. The van der Waals surface area contributed by atoms with E-state index in [2.05, 4.69) is 19.5 Å². The Labute approximate surface area is 271 Å². The molecule has 0 amide bonds. The summed E-state index contributed by atoms with van der Waals surface area (Å²) >= 11 is 0. The molecular formula is C37H36N4O4S. The van der Waals surface area contributed by atoms with Crippen LogP contribution in [0.15, 0.2) is 116 Å². The Balaban J connectivity index is 1.31. The van der Waals surface area contributed by atoms with Crippen LogP contribution in [0.2, 0.25) is 0 Å². The van der Waals surface area contributed by atoms with Gasteiger partial charge in [-0.25, -0.2) is 13.3 Å². The first-order valence-electron chi connectivity index (χ1n) is 15.0. The maximum Gasteiger partial charge on any atom is 0.232 e. The van der Waals surface area contributed by atoms with Gasteiger partial charge in [-0.15, -0.1) is 0 Å². The molecule has 0 aliphatic heterocycles. The summed E-state index contributed by atoms with van der Waals surface area (Å²) in [5.41, 5.74) is 5.98. The molecule has 1 N–H and O–H groups in total. The number of pyridine rings is 1. The fraction of sp³-hybridized carbons (Fsp3) is 0.189. The van der Waals surface area contributed by atoms with Crippen LogP contribution in [-0.4, -0.2) is 25.8 Å².